The molecular weight excluding hydrogens is 254 g/mol. The Hall–Kier alpha value is -1.08. The van der Waals surface area contributed by atoms with E-state index in [2.05, 4.69) is 10.6 Å². The molecule has 1 rings (SSSR count). The Balaban J connectivity index is 2.06. The lowest BCUT2D eigenvalue weighted by molar-refractivity contribution is 0.239. The van der Waals surface area contributed by atoms with Crippen LogP contribution in [0.5, 0.6) is 0 Å². The summed E-state index contributed by atoms with van der Waals surface area (Å²) in [5.74, 6) is -0.0447. The van der Waals surface area contributed by atoms with Crippen molar-refractivity contribution in [3.05, 3.63) is 11.5 Å². The van der Waals surface area contributed by atoms with Crippen molar-refractivity contribution < 1.29 is 13.2 Å². The van der Waals surface area contributed by atoms with Crippen LogP contribution in [-0.4, -0.2) is 39.3 Å². The molecule has 2 amide bonds. The van der Waals surface area contributed by atoms with E-state index in [1.54, 1.807) is 0 Å². The van der Waals surface area contributed by atoms with Crippen molar-refractivity contribution in [2.45, 2.75) is 31.7 Å². The highest BCUT2D eigenvalue weighted by Crippen LogP contribution is 2.07. The van der Waals surface area contributed by atoms with Gasteiger partial charge in [-0.15, -0.1) is 0 Å². The SMILES string of the molecule is NCCCCCCNC(=O)NC1C=CS(=O)(=O)C1. The molecular formula is C11H21N3O3S. The van der Waals surface area contributed by atoms with Gasteiger partial charge in [0, 0.05) is 12.0 Å². The van der Waals surface area contributed by atoms with Crippen molar-refractivity contribution in [1.82, 2.24) is 10.6 Å². The van der Waals surface area contributed by atoms with Gasteiger partial charge in [0.25, 0.3) is 0 Å². The topological polar surface area (TPSA) is 101 Å². The Labute approximate surface area is 108 Å². The minimum Gasteiger partial charge on any atom is -0.338 e. The maximum absolute atomic E-state index is 11.4. The molecule has 0 spiro atoms. The van der Waals surface area contributed by atoms with Crippen molar-refractivity contribution in [2.75, 3.05) is 18.8 Å². The Morgan fingerprint density at radius 1 is 1.28 bits per heavy atom. The van der Waals surface area contributed by atoms with Gasteiger partial charge in [-0.1, -0.05) is 12.8 Å². The Morgan fingerprint density at radius 3 is 2.61 bits per heavy atom. The number of amides is 2. The molecule has 0 aliphatic carbocycles. The number of nitrogens with one attached hydrogen (secondary N) is 2. The Bertz CT molecular complexity index is 392. The molecule has 0 radical (unpaired) electrons. The number of urea groups is 1. The number of carbonyl (C=O) groups excluding carboxylic acids is 1. The van der Waals surface area contributed by atoms with Crippen LogP contribution in [0.2, 0.25) is 0 Å². The number of unbranched alkanes of at least 4 members (excludes halogenated alkanes) is 3. The first-order valence-electron chi connectivity index (χ1n) is 6.19. The quantitative estimate of drug-likeness (QED) is 0.574. The highest BCUT2D eigenvalue weighted by Gasteiger charge is 2.22. The minimum absolute atomic E-state index is 0.0447. The average molecular weight is 275 g/mol. The third-order valence-electron chi connectivity index (χ3n) is 2.66. The summed E-state index contributed by atoms with van der Waals surface area (Å²) >= 11 is 0. The highest BCUT2D eigenvalue weighted by molar-refractivity contribution is 7.94. The summed E-state index contributed by atoms with van der Waals surface area (Å²) in [6.07, 6.45) is 5.53. The summed E-state index contributed by atoms with van der Waals surface area (Å²) < 4.78 is 22.2. The smallest absolute Gasteiger partial charge is 0.315 e. The van der Waals surface area contributed by atoms with E-state index in [1.807, 2.05) is 0 Å². The summed E-state index contributed by atoms with van der Waals surface area (Å²) in [6, 6.07) is -0.729. The largest absolute Gasteiger partial charge is 0.338 e. The lowest BCUT2D eigenvalue weighted by Gasteiger charge is -2.11. The van der Waals surface area contributed by atoms with Crippen LogP contribution < -0.4 is 16.4 Å². The zero-order chi connectivity index (χ0) is 13.4. The Kier molecular flexibility index (Phi) is 6.14. The summed E-state index contributed by atoms with van der Waals surface area (Å²) in [7, 11) is -3.11. The molecule has 18 heavy (non-hydrogen) atoms. The fourth-order valence-corrected chi connectivity index (χ4v) is 2.95. The number of hydrogen-bond donors (Lipinski definition) is 3. The van der Waals surface area contributed by atoms with Gasteiger partial charge in [0.1, 0.15) is 0 Å². The number of carbonyl (C=O) groups is 1. The van der Waals surface area contributed by atoms with Crippen LogP contribution >= 0.6 is 0 Å². The molecule has 104 valence electrons. The van der Waals surface area contributed by atoms with Crippen LogP contribution in [-0.2, 0) is 9.84 Å². The lowest BCUT2D eigenvalue weighted by atomic mass is 10.2. The lowest BCUT2D eigenvalue weighted by Crippen LogP contribution is -2.42. The number of rotatable bonds is 7. The van der Waals surface area contributed by atoms with Gasteiger partial charge in [0.2, 0.25) is 0 Å². The van der Waals surface area contributed by atoms with Crippen LogP contribution in [0.15, 0.2) is 11.5 Å². The second-order valence-corrected chi connectivity index (χ2v) is 6.30. The van der Waals surface area contributed by atoms with Crippen LogP contribution in [0.1, 0.15) is 25.7 Å². The van der Waals surface area contributed by atoms with E-state index in [0.717, 1.165) is 31.1 Å². The molecule has 1 atom stereocenters. The number of nitrogens with two attached hydrogens (primary N) is 1. The number of hydrogen-bond acceptors (Lipinski definition) is 4. The van der Waals surface area contributed by atoms with Crippen LogP contribution in [0, 0.1) is 0 Å². The predicted octanol–water partition coefficient (Wildman–Crippen LogP) is 0.115. The van der Waals surface area contributed by atoms with E-state index >= 15 is 0 Å². The van der Waals surface area contributed by atoms with Gasteiger partial charge in [-0.2, -0.15) is 0 Å². The predicted molar refractivity (Wildman–Crippen MR) is 70.8 cm³/mol. The van der Waals surface area contributed by atoms with E-state index in [4.69, 9.17) is 5.73 Å². The zero-order valence-electron chi connectivity index (χ0n) is 10.4. The molecule has 1 aliphatic rings. The van der Waals surface area contributed by atoms with Gasteiger partial charge in [-0.05, 0) is 25.5 Å². The van der Waals surface area contributed by atoms with Gasteiger partial charge >= 0.3 is 6.03 Å². The fourth-order valence-electron chi connectivity index (χ4n) is 1.71. The van der Waals surface area contributed by atoms with Crippen molar-refractivity contribution in [3.63, 3.8) is 0 Å². The fraction of sp³-hybridized carbons (Fsp3) is 0.727. The monoisotopic (exact) mass is 275 g/mol. The molecule has 0 saturated heterocycles. The third-order valence-corrected chi connectivity index (χ3v) is 4.06. The molecule has 0 aromatic rings. The molecule has 6 nitrogen and oxygen atoms in total. The van der Waals surface area contributed by atoms with E-state index in [9.17, 15) is 13.2 Å². The maximum atomic E-state index is 11.4. The minimum atomic E-state index is -3.11. The van der Waals surface area contributed by atoms with Crippen molar-refractivity contribution in [3.8, 4) is 0 Å². The molecule has 0 bridgehead atoms. The van der Waals surface area contributed by atoms with Crippen LogP contribution in [0.3, 0.4) is 0 Å². The van der Waals surface area contributed by atoms with E-state index in [-0.39, 0.29) is 11.8 Å². The van der Waals surface area contributed by atoms with E-state index in [0.29, 0.717) is 13.1 Å². The van der Waals surface area contributed by atoms with Gasteiger partial charge in [0.05, 0.1) is 11.8 Å². The van der Waals surface area contributed by atoms with Crippen LogP contribution in [0.4, 0.5) is 4.79 Å². The molecule has 1 aliphatic heterocycles. The van der Waals surface area contributed by atoms with E-state index < -0.39 is 15.9 Å². The third kappa shape index (κ3) is 6.02. The summed E-state index contributed by atoms with van der Waals surface area (Å²) in [4.78, 5) is 11.4. The normalized spacial score (nSPS) is 20.8. The second kappa shape index (κ2) is 7.38. The first-order valence-corrected chi connectivity index (χ1v) is 7.90. The molecule has 0 aromatic heterocycles. The molecule has 0 fully saturated rings. The maximum Gasteiger partial charge on any atom is 0.315 e. The van der Waals surface area contributed by atoms with E-state index in [1.165, 1.54) is 6.08 Å². The standard InChI is InChI=1S/C11H21N3O3S/c12-6-3-1-2-4-7-13-11(15)14-10-5-8-18(16,17)9-10/h5,8,10H,1-4,6-7,9,12H2,(H2,13,14,15). The zero-order valence-corrected chi connectivity index (χ0v) is 11.2. The molecule has 0 saturated carbocycles. The second-order valence-electron chi connectivity index (χ2n) is 4.37. The first kappa shape index (κ1) is 15.0. The molecule has 0 aromatic carbocycles. The Morgan fingerprint density at radius 2 is 2.00 bits per heavy atom. The molecule has 1 unspecified atom stereocenters. The molecule has 1 heterocycles. The molecule has 4 N–H and O–H groups in total. The summed E-state index contributed by atoms with van der Waals surface area (Å²) in [5, 5.41) is 6.45. The van der Waals surface area contributed by atoms with Crippen LogP contribution in [0.25, 0.3) is 0 Å². The van der Waals surface area contributed by atoms with Crippen molar-refractivity contribution >= 4 is 15.9 Å². The van der Waals surface area contributed by atoms with Gasteiger partial charge in [0.15, 0.2) is 9.84 Å². The molecule has 7 heteroatoms. The average Bonchev–Trinajstić information content (AvgIpc) is 2.63. The number of sulfone groups is 1. The van der Waals surface area contributed by atoms with Gasteiger partial charge in [-0.3, -0.25) is 0 Å². The van der Waals surface area contributed by atoms with Crippen molar-refractivity contribution in [1.29, 1.82) is 0 Å². The highest BCUT2D eigenvalue weighted by atomic mass is 32.2. The summed E-state index contributed by atoms with van der Waals surface area (Å²) in [5.41, 5.74) is 5.37. The summed E-state index contributed by atoms with van der Waals surface area (Å²) in [6.45, 7) is 1.30. The van der Waals surface area contributed by atoms with Gasteiger partial charge < -0.3 is 16.4 Å². The van der Waals surface area contributed by atoms with Gasteiger partial charge in [-0.25, -0.2) is 13.2 Å². The van der Waals surface area contributed by atoms with Crippen molar-refractivity contribution in [2.24, 2.45) is 5.73 Å². The first-order chi connectivity index (χ1) is 8.53.